The van der Waals surface area contributed by atoms with Gasteiger partial charge in [0.2, 0.25) is 11.8 Å². The third kappa shape index (κ3) is 5.31. The van der Waals surface area contributed by atoms with E-state index in [9.17, 15) is 22.8 Å². The van der Waals surface area contributed by atoms with E-state index in [4.69, 9.17) is 0 Å². The summed E-state index contributed by atoms with van der Waals surface area (Å²) in [6, 6.07) is 8.50. The Morgan fingerprint density at radius 3 is 2.00 bits per heavy atom. The molecule has 2 N–H and O–H groups in total. The number of hydrogen-bond acceptors (Lipinski definition) is 3. The molecule has 0 atom stereocenters. The molecule has 0 saturated heterocycles. The number of thioether (sulfide) groups is 1. The summed E-state index contributed by atoms with van der Waals surface area (Å²) >= 11 is 0.980. The first-order chi connectivity index (χ1) is 11.5. The Kier molecular flexibility index (Phi) is 6.25. The third-order valence-corrected chi connectivity index (χ3v) is 3.75. The van der Waals surface area contributed by atoms with Crippen LogP contribution in [-0.4, -0.2) is 23.3 Å². The first kappa shape index (κ1) is 17.9. The fraction of sp³-hybridized carbons (Fsp3) is 0.125. The Morgan fingerprint density at radius 2 is 1.42 bits per heavy atom. The number of hydrogen-bond donors (Lipinski definition) is 2. The molecule has 0 aromatic heterocycles. The average Bonchev–Trinajstić information content (AvgIpc) is 2.52. The van der Waals surface area contributed by atoms with Crippen LogP contribution in [0.5, 0.6) is 0 Å². The van der Waals surface area contributed by atoms with Gasteiger partial charge in [-0.05, 0) is 24.3 Å². The topological polar surface area (TPSA) is 58.2 Å². The number of carbonyl (C=O) groups excluding carboxylic acids is 2. The molecular formula is C16H13F3N2O2S. The molecule has 24 heavy (non-hydrogen) atoms. The summed E-state index contributed by atoms with van der Waals surface area (Å²) in [6.45, 7) is 0. The van der Waals surface area contributed by atoms with Crippen LogP contribution < -0.4 is 10.6 Å². The van der Waals surface area contributed by atoms with Crippen LogP contribution in [0.2, 0.25) is 0 Å². The van der Waals surface area contributed by atoms with Gasteiger partial charge in [0.05, 0.1) is 22.9 Å². The summed E-state index contributed by atoms with van der Waals surface area (Å²) in [6.07, 6.45) is 0. The van der Waals surface area contributed by atoms with Crippen molar-refractivity contribution < 1.29 is 22.8 Å². The van der Waals surface area contributed by atoms with Gasteiger partial charge in [-0.2, -0.15) is 0 Å². The molecule has 2 amide bonds. The van der Waals surface area contributed by atoms with E-state index in [-0.39, 0.29) is 22.9 Å². The molecule has 2 aromatic carbocycles. The molecule has 2 rings (SSSR count). The summed E-state index contributed by atoms with van der Waals surface area (Å²) in [7, 11) is 0. The number of rotatable bonds is 6. The summed E-state index contributed by atoms with van der Waals surface area (Å²) in [4.78, 5) is 23.3. The van der Waals surface area contributed by atoms with Gasteiger partial charge in [-0.1, -0.05) is 12.1 Å². The van der Waals surface area contributed by atoms with Crippen molar-refractivity contribution in [1.29, 1.82) is 0 Å². The van der Waals surface area contributed by atoms with E-state index in [1.807, 2.05) is 0 Å². The molecule has 0 saturated carbocycles. The normalized spacial score (nSPS) is 10.3. The Bertz CT molecular complexity index is 756. The van der Waals surface area contributed by atoms with Crippen LogP contribution in [0, 0.1) is 17.5 Å². The molecule has 0 heterocycles. The predicted molar refractivity (Wildman–Crippen MR) is 87.3 cm³/mol. The molecule has 0 bridgehead atoms. The molecule has 0 aliphatic carbocycles. The molecule has 0 aliphatic heterocycles. The third-order valence-electron chi connectivity index (χ3n) is 2.82. The van der Waals surface area contributed by atoms with Crippen LogP contribution in [0.1, 0.15) is 0 Å². The Morgan fingerprint density at radius 1 is 0.833 bits per heavy atom. The van der Waals surface area contributed by atoms with Crippen LogP contribution in [0.15, 0.2) is 42.5 Å². The van der Waals surface area contributed by atoms with Gasteiger partial charge in [0.15, 0.2) is 0 Å². The van der Waals surface area contributed by atoms with Gasteiger partial charge in [0, 0.05) is 6.07 Å². The number of para-hydroxylation sites is 1. The van der Waals surface area contributed by atoms with E-state index < -0.39 is 29.3 Å². The highest BCUT2D eigenvalue weighted by Crippen LogP contribution is 2.16. The highest BCUT2D eigenvalue weighted by Gasteiger charge is 2.10. The SMILES string of the molecule is O=C(CSCC(=O)Nc1ccc(F)cc1F)Nc1ccccc1F. The van der Waals surface area contributed by atoms with Gasteiger partial charge in [-0.25, -0.2) is 13.2 Å². The largest absolute Gasteiger partial charge is 0.323 e. The molecule has 0 spiro atoms. The lowest BCUT2D eigenvalue weighted by Gasteiger charge is -2.07. The second-order valence-corrected chi connectivity index (χ2v) is 5.68. The highest BCUT2D eigenvalue weighted by molar-refractivity contribution is 8.00. The maximum atomic E-state index is 13.4. The van der Waals surface area contributed by atoms with Crippen molar-refractivity contribution in [2.75, 3.05) is 22.1 Å². The lowest BCUT2D eigenvalue weighted by molar-refractivity contribution is -0.114. The van der Waals surface area contributed by atoms with E-state index in [1.54, 1.807) is 6.07 Å². The van der Waals surface area contributed by atoms with Crippen LogP contribution in [0.4, 0.5) is 24.5 Å². The van der Waals surface area contributed by atoms with Gasteiger partial charge < -0.3 is 10.6 Å². The molecule has 126 valence electrons. The van der Waals surface area contributed by atoms with E-state index in [2.05, 4.69) is 10.6 Å². The molecule has 4 nitrogen and oxygen atoms in total. The van der Waals surface area contributed by atoms with Crippen LogP contribution in [-0.2, 0) is 9.59 Å². The fourth-order valence-electron chi connectivity index (χ4n) is 1.76. The van der Waals surface area contributed by atoms with E-state index in [0.717, 1.165) is 23.9 Å². The zero-order chi connectivity index (χ0) is 17.5. The van der Waals surface area contributed by atoms with Crippen molar-refractivity contribution >= 4 is 35.0 Å². The lowest BCUT2D eigenvalue weighted by atomic mass is 10.3. The second kappa shape index (κ2) is 8.39. The summed E-state index contributed by atoms with van der Waals surface area (Å²) in [5.41, 5.74) is -0.0845. The number of carbonyl (C=O) groups is 2. The minimum Gasteiger partial charge on any atom is -0.323 e. The van der Waals surface area contributed by atoms with Crippen molar-refractivity contribution in [1.82, 2.24) is 0 Å². The first-order valence-electron chi connectivity index (χ1n) is 6.83. The monoisotopic (exact) mass is 354 g/mol. The average molecular weight is 354 g/mol. The minimum atomic E-state index is -0.884. The van der Waals surface area contributed by atoms with Gasteiger partial charge in [0.1, 0.15) is 17.5 Å². The quantitative estimate of drug-likeness (QED) is 0.836. The maximum absolute atomic E-state index is 13.4. The van der Waals surface area contributed by atoms with Gasteiger partial charge in [-0.15, -0.1) is 11.8 Å². The van der Waals surface area contributed by atoms with E-state index >= 15 is 0 Å². The fourth-order valence-corrected chi connectivity index (χ4v) is 2.38. The lowest BCUT2D eigenvalue weighted by Crippen LogP contribution is -2.19. The predicted octanol–water partition coefficient (Wildman–Crippen LogP) is 3.41. The molecule has 0 radical (unpaired) electrons. The standard InChI is InChI=1S/C16H13F3N2O2S/c17-10-5-6-14(12(19)7-10)21-16(23)9-24-8-15(22)20-13-4-2-1-3-11(13)18/h1-7H,8-9H2,(H,20,22)(H,21,23). The van der Waals surface area contributed by atoms with Crippen molar-refractivity contribution in [2.45, 2.75) is 0 Å². The molecule has 8 heteroatoms. The minimum absolute atomic E-state index is 0.0564. The van der Waals surface area contributed by atoms with E-state index in [0.29, 0.717) is 6.07 Å². The van der Waals surface area contributed by atoms with Crippen molar-refractivity contribution in [3.05, 3.63) is 59.9 Å². The van der Waals surface area contributed by atoms with E-state index in [1.165, 1.54) is 18.2 Å². The summed E-state index contributed by atoms with van der Waals surface area (Å²) in [5, 5.41) is 4.66. The molecular weight excluding hydrogens is 341 g/mol. The van der Waals surface area contributed by atoms with Crippen LogP contribution in [0.25, 0.3) is 0 Å². The Hall–Kier alpha value is -2.48. The highest BCUT2D eigenvalue weighted by atomic mass is 32.2. The van der Waals surface area contributed by atoms with Gasteiger partial charge >= 0.3 is 0 Å². The van der Waals surface area contributed by atoms with Crippen LogP contribution >= 0.6 is 11.8 Å². The zero-order valence-electron chi connectivity index (χ0n) is 12.3. The molecule has 2 aromatic rings. The molecule has 0 unspecified atom stereocenters. The Balaban J connectivity index is 1.76. The first-order valence-corrected chi connectivity index (χ1v) is 7.98. The molecule has 0 fully saturated rings. The number of anilines is 2. The van der Waals surface area contributed by atoms with Crippen molar-refractivity contribution in [3.63, 3.8) is 0 Å². The van der Waals surface area contributed by atoms with Crippen molar-refractivity contribution in [3.8, 4) is 0 Å². The smallest absolute Gasteiger partial charge is 0.234 e. The Labute approximate surface area is 140 Å². The summed E-state index contributed by atoms with van der Waals surface area (Å²) in [5.74, 6) is -3.37. The number of amides is 2. The zero-order valence-corrected chi connectivity index (χ0v) is 13.1. The maximum Gasteiger partial charge on any atom is 0.234 e. The number of nitrogens with one attached hydrogen (secondary N) is 2. The van der Waals surface area contributed by atoms with Crippen LogP contribution in [0.3, 0.4) is 0 Å². The number of benzene rings is 2. The number of halogens is 3. The van der Waals surface area contributed by atoms with Gasteiger partial charge in [0.25, 0.3) is 0 Å². The second-order valence-electron chi connectivity index (χ2n) is 4.69. The summed E-state index contributed by atoms with van der Waals surface area (Å²) < 4.78 is 39.5. The van der Waals surface area contributed by atoms with Crippen molar-refractivity contribution in [2.24, 2.45) is 0 Å². The molecule has 0 aliphatic rings. The van der Waals surface area contributed by atoms with Gasteiger partial charge in [-0.3, -0.25) is 9.59 Å².